The van der Waals surface area contributed by atoms with Crippen molar-refractivity contribution >= 4 is 5.97 Å². The monoisotopic (exact) mass is 197 g/mol. The maximum atomic E-state index is 11.2. The van der Waals surface area contributed by atoms with Crippen LogP contribution in [-0.4, -0.2) is 13.1 Å². The fourth-order valence-electron chi connectivity index (χ4n) is 1.04. The largest absolute Gasteiger partial charge is 0.466 e. The zero-order valence-electron chi connectivity index (χ0n) is 9.01. The van der Waals surface area contributed by atoms with Crippen molar-refractivity contribution in [2.45, 2.75) is 19.8 Å². The van der Waals surface area contributed by atoms with Crippen molar-refractivity contribution < 1.29 is 9.53 Å². The second kappa shape index (κ2) is 8.26. The van der Waals surface area contributed by atoms with Crippen molar-refractivity contribution in [2.24, 2.45) is 0 Å². The minimum Gasteiger partial charge on any atom is -0.466 e. The Morgan fingerprint density at radius 2 is 1.71 bits per heavy atom. The maximum absolute atomic E-state index is 11.2. The third-order valence-electron chi connectivity index (χ3n) is 1.80. The molecule has 0 aromatic carbocycles. The fourth-order valence-corrected chi connectivity index (χ4v) is 1.04. The summed E-state index contributed by atoms with van der Waals surface area (Å²) in [5, 5.41) is 0. The van der Waals surface area contributed by atoms with Crippen LogP contribution >= 0.6 is 0 Å². The predicted octanol–water partition coefficient (Wildman–Crippen LogP) is 2.79. The Balaban J connectivity index is 0. The molecule has 3 N–H and O–H groups in total. The summed E-state index contributed by atoms with van der Waals surface area (Å²) in [5.74, 6) is -0.279. The Kier molecular flexibility index (Phi) is 8.93. The summed E-state index contributed by atoms with van der Waals surface area (Å²) in [6.07, 6.45) is 4.94. The highest BCUT2D eigenvalue weighted by atomic mass is 16.5. The molecular formula is C11H19NO2. The second-order valence-electron chi connectivity index (χ2n) is 2.71. The molecule has 0 spiro atoms. The zero-order valence-corrected chi connectivity index (χ0v) is 9.01. The lowest BCUT2D eigenvalue weighted by atomic mass is 10.0. The van der Waals surface area contributed by atoms with Crippen molar-refractivity contribution in [3.8, 4) is 0 Å². The summed E-state index contributed by atoms with van der Waals surface area (Å²) >= 11 is 0. The Bertz CT molecular complexity index is 230. The molecule has 0 saturated carbocycles. The van der Waals surface area contributed by atoms with Gasteiger partial charge in [0.05, 0.1) is 7.11 Å². The number of methoxy groups -OCH3 is 1. The molecule has 80 valence electrons. The van der Waals surface area contributed by atoms with E-state index in [0.29, 0.717) is 18.4 Å². The van der Waals surface area contributed by atoms with Crippen molar-refractivity contribution in [3.63, 3.8) is 0 Å². The number of hydrogen-bond donors (Lipinski definition) is 1. The molecule has 0 amide bonds. The number of allylic oxidation sites excluding steroid dienone is 3. The zero-order chi connectivity index (χ0) is 10.3. The number of rotatable bonds is 5. The normalized spacial score (nSPS) is 8.14. The molecule has 0 aliphatic carbocycles. The van der Waals surface area contributed by atoms with Crippen LogP contribution in [-0.2, 0) is 9.53 Å². The van der Waals surface area contributed by atoms with Gasteiger partial charge >= 0.3 is 5.97 Å². The summed E-state index contributed by atoms with van der Waals surface area (Å²) < 4.78 is 4.62. The molecule has 0 heterocycles. The van der Waals surface area contributed by atoms with Crippen molar-refractivity contribution in [2.75, 3.05) is 7.11 Å². The average Bonchev–Trinajstić information content (AvgIpc) is 2.15. The van der Waals surface area contributed by atoms with Crippen LogP contribution in [0.1, 0.15) is 19.8 Å². The standard InChI is InChI=1S/C11H16O2.H3N/c1-5-7-10(8-6-2)9(3)11(12)13-4;/h5-6H,1-2,7-8H2,3-4H3;1H3. The van der Waals surface area contributed by atoms with Gasteiger partial charge in [-0.1, -0.05) is 17.7 Å². The minimum atomic E-state index is -0.279. The third-order valence-corrected chi connectivity index (χ3v) is 1.80. The molecular weight excluding hydrogens is 178 g/mol. The number of carbonyl (C=O) groups excluding carboxylic acids is 1. The van der Waals surface area contributed by atoms with E-state index in [9.17, 15) is 4.79 Å². The van der Waals surface area contributed by atoms with Crippen LogP contribution in [0.25, 0.3) is 0 Å². The second-order valence-corrected chi connectivity index (χ2v) is 2.71. The van der Waals surface area contributed by atoms with Crippen LogP contribution in [0.2, 0.25) is 0 Å². The van der Waals surface area contributed by atoms with E-state index in [1.807, 2.05) is 0 Å². The lowest BCUT2D eigenvalue weighted by molar-refractivity contribution is -0.136. The summed E-state index contributed by atoms with van der Waals surface area (Å²) in [6, 6.07) is 0. The number of ether oxygens (including phenoxy) is 1. The molecule has 0 fully saturated rings. The first-order valence-electron chi connectivity index (χ1n) is 4.16. The van der Waals surface area contributed by atoms with Crippen LogP contribution in [0.4, 0.5) is 0 Å². The Morgan fingerprint density at radius 1 is 1.29 bits per heavy atom. The van der Waals surface area contributed by atoms with Gasteiger partial charge in [-0.05, 0) is 19.8 Å². The van der Waals surface area contributed by atoms with E-state index in [4.69, 9.17) is 0 Å². The molecule has 0 radical (unpaired) electrons. The Morgan fingerprint density at radius 3 is 2.00 bits per heavy atom. The SMILES string of the molecule is C=CCC(CC=C)=C(C)C(=O)OC.N. The highest BCUT2D eigenvalue weighted by molar-refractivity contribution is 5.88. The molecule has 0 aromatic heterocycles. The van der Waals surface area contributed by atoms with Crippen molar-refractivity contribution in [1.82, 2.24) is 6.15 Å². The van der Waals surface area contributed by atoms with E-state index in [2.05, 4.69) is 17.9 Å². The predicted molar refractivity (Wildman–Crippen MR) is 59.4 cm³/mol. The van der Waals surface area contributed by atoms with Crippen LogP contribution < -0.4 is 6.15 Å². The Hall–Kier alpha value is -1.35. The van der Waals surface area contributed by atoms with Crippen LogP contribution in [0.3, 0.4) is 0 Å². The van der Waals surface area contributed by atoms with Gasteiger partial charge in [0.25, 0.3) is 0 Å². The van der Waals surface area contributed by atoms with Crippen LogP contribution in [0, 0.1) is 0 Å². The molecule has 0 saturated heterocycles. The fraction of sp³-hybridized carbons (Fsp3) is 0.364. The van der Waals surface area contributed by atoms with Gasteiger partial charge in [-0.15, -0.1) is 13.2 Å². The smallest absolute Gasteiger partial charge is 0.333 e. The summed E-state index contributed by atoms with van der Waals surface area (Å²) in [4.78, 5) is 11.2. The van der Waals surface area contributed by atoms with Gasteiger partial charge in [0.2, 0.25) is 0 Å². The summed E-state index contributed by atoms with van der Waals surface area (Å²) in [7, 11) is 1.38. The average molecular weight is 197 g/mol. The topological polar surface area (TPSA) is 61.3 Å². The van der Waals surface area contributed by atoms with E-state index in [1.165, 1.54) is 7.11 Å². The van der Waals surface area contributed by atoms with Crippen molar-refractivity contribution in [1.29, 1.82) is 0 Å². The molecule has 3 nitrogen and oxygen atoms in total. The first kappa shape index (κ1) is 15.1. The summed E-state index contributed by atoms with van der Waals surface area (Å²) in [6.45, 7) is 9.02. The molecule has 0 aromatic rings. The van der Waals surface area contributed by atoms with E-state index >= 15 is 0 Å². The minimum absolute atomic E-state index is 0. The van der Waals surface area contributed by atoms with Gasteiger partial charge < -0.3 is 10.9 Å². The quantitative estimate of drug-likeness (QED) is 0.419. The molecule has 0 atom stereocenters. The lowest BCUT2D eigenvalue weighted by Crippen LogP contribution is -2.04. The third kappa shape index (κ3) is 4.62. The first-order chi connectivity index (χ1) is 6.17. The van der Waals surface area contributed by atoms with E-state index < -0.39 is 0 Å². The summed E-state index contributed by atoms with van der Waals surface area (Å²) in [5.41, 5.74) is 1.67. The molecule has 3 heteroatoms. The van der Waals surface area contributed by atoms with Crippen LogP contribution in [0.15, 0.2) is 36.5 Å². The van der Waals surface area contributed by atoms with Gasteiger partial charge in [-0.2, -0.15) is 0 Å². The molecule has 0 unspecified atom stereocenters. The number of esters is 1. The molecule has 0 bridgehead atoms. The van der Waals surface area contributed by atoms with E-state index in [1.54, 1.807) is 19.1 Å². The Labute approximate surface area is 85.7 Å². The van der Waals surface area contributed by atoms with Gasteiger partial charge in [-0.25, -0.2) is 4.79 Å². The van der Waals surface area contributed by atoms with E-state index in [-0.39, 0.29) is 12.1 Å². The van der Waals surface area contributed by atoms with Crippen molar-refractivity contribution in [3.05, 3.63) is 36.5 Å². The maximum Gasteiger partial charge on any atom is 0.333 e. The molecule has 0 rings (SSSR count). The van der Waals surface area contributed by atoms with Gasteiger partial charge in [0.15, 0.2) is 0 Å². The highest BCUT2D eigenvalue weighted by Gasteiger charge is 2.08. The van der Waals surface area contributed by atoms with Gasteiger partial charge in [0, 0.05) is 5.57 Å². The number of carbonyl (C=O) groups is 1. The number of hydrogen-bond acceptors (Lipinski definition) is 3. The van der Waals surface area contributed by atoms with Gasteiger partial charge in [0.1, 0.15) is 0 Å². The molecule has 14 heavy (non-hydrogen) atoms. The highest BCUT2D eigenvalue weighted by Crippen LogP contribution is 2.15. The van der Waals surface area contributed by atoms with Crippen LogP contribution in [0.5, 0.6) is 0 Å². The lowest BCUT2D eigenvalue weighted by Gasteiger charge is -2.06. The van der Waals surface area contributed by atoms with Gasteiger partial charge in [-0.3, -0.25) is 0 Å². The molecule has 0 aliphatic heterocycles. The molecule has 0 aliphatic rings. The van der Waals surface area contributed by atoms with E-state index in [0.717, 1.165) is 5.57 Å². The first-order valence-corrected chi connectivity index (χ1v) is 4.16.